The third kappa shape index (κ3) is 6.11. The number of morpholine rings is 1. The number of allylic oxidation sites excluding steroid dienone is 1. The second-order valence-corrected chi connectivity index (χ2v) is 22.9. The fraction of sp³-hybridized carbons (Fsp3) is 0.875. The van der Waals surface area contributed by atoms with Gasteiger partial charge in [-0.15, -0.1) is 0 Å². The first-order chi connectivity index (χ1) is 26.0. The standard InChI is InChI=1S/C48H75NO7/c1-29(2)31-14-19-48(36(50)27-30-26-33(43(30,5)6)40(52)49-22-24-55-25-23-49)21-20-46(10)32(39(31)48)12-13-35-45(9)17-16-37(56-38(51)28-42(3,4)41(53)54)44(7,8)34(45)15-18-47(35,46)11/h30-35,37,39H,1,12-28H2,2-11H3,(H,53,54)/t30-,31+,32-,33+,34+,35-,37+,39-,45+,46-,47-,48-/m1/s1. The number of ketones is 1. The van der Waals surface area contributed by atoms with Gasteiger partial charge in [-0.2, -0.15) is 0 Å². The molecule has 7 aliphatic rings. The van der Waals surface area contributed by atoms with Gasteiger partial charge in [0.2, 0.25) is 5.91 Å². The van der Waals surface area contributed by atoms with Crippen molar-refractivity contribution in [3.8, 4) is 0 Å². The molecule has 6 aliphatic carbocycles. The number of carboxylic acids is 1. The van der Waals surface area contributed by atoms with Crippen LogP contribution < -0.4 is 0 Å². The van der Waals surface area contributed by atoms with Crippen molar-refractivity contribution in [1.29, 1.82) is 0 Å². The number of fused-ring (bicyclic) bond motifs is 7. The summed E-state index contributed by atoms with van der Waals surface area (Å²) < 4.78 is 11.7. The molecule has 1 amide bonds. The summed E-state index contributed by atoms with van der Waals surface area (Å²) in [6, 6.07) is 0. The van der Waals surface area contributed by atoms with E-state index in [1.165, 1.54) is 12.0 Å². The van der Waals surface area contributed by atoms with E-state index in [0.717, 1.165) is 64.2 Å². The lowest BCUT2D eigenvalue weighted by Crippen LogP contribution is -2.67. The molecule has 7 fully saturated rings. The number of Topliss-reactive ketones (excluding diaryl/α,β-unsaturated/α-hetero) is 1. The number of carboxylic acid groups (broad SMARTS) is 1. The molecule has 6 saturated carbocycles. The molecular weight excluding hydrogens is 703 g/mol. The Morgan fingerprint density at radius 1 is 0.821 bits per heavy atom. The summed E-state index contributed by atoms with van der Waals surface area (Å²) >= 11 is 0. The molecule has 0 spiro atoms. The van der Waals surface area contributed by atoms with Gasteiger partial charge in [-0.25, -0.2) is 0 Å². The highest BCUT2D eigenvalue weighted by atomic mass is 16.5. The van der Waals surface area contributed by atoms with Crippen LogP contribution in [0.1, 0.15) is 153 Å². The van der Waals surface area contributed by atoms with Crippen molar-refractivity contribution >= 4 is 23.6 Å². The Balaban J connectivity index is 1.10. The Bertz CT molecular complexity index is 1620. The van der Waals surface area contributed by atoms with Crippen molar-refractivity contribution in [2.45, 2.75) is 159 Å². The fourth-order valence-electron chi connectivity index (χ4n) is 15.7. The van der Waals surface area contributed by atoms with Crippen LogP contribution in [0.25, 0.3) is 0 Å². The molecule has 7 rings (SSSR count). The molecule has 8 nitrogen and oxygen atoms in total. The van der Waals surface area contributed by atoms with E-state index in [1.54, 1.807) is 13.8 Å². The minimum absolute atomic E-state index is 0.0176. The number of rotatable bonds is 9. The second kappa shape index (κ2) is 13.9. The molecule has 0 aromatic heterocycles. The maximum Gasteiger partial charge on any atom is 0.309 e. The first kappa shape index (κ1) is 41.9. The first-order valence-corrected chi connectivity index (χ1v) is 22.5. The van der Waals surface area contributed by atoms with Crippen LogP contribution in [0.5, 0.6) is 0 Å². The van der Waals surface area contributed by atoms with Gasteiger partial charge in [0.15, 0.2) is 0 Å². The summed E-state index contributed by atoms with van der Waals surface area (Å²) in [6.07, 6.45) is 11.5. The summed E-state index contributed by atoms with van der Waals surface area (Å²) in [5.41, 5.74) is -0.272. The lowest BCUT2D eigenvalue weighted by atomic mass is 9.32. The van der Waals surface area contributed by atoms with E-state index in [1.807, 2.05) is 4.90 Å². The number of ether oxygens (including phenoxy) is 2. The molecule has 8 heteroatoms. The Kier molecular flexibility index (Phi) is 10.4. The number of hydrogen-bond donors (Lipinski definition) is 1. The minimum Gasteiger partial charge on any atom is -0.481 e. The normalized spacial score (nSPS) is 43.9. The Hall–Kier alpha value is -2.22. The zero-order chi connectivity index (χ0) is 41.0. The van der Waals surface area contributed by atoms with Crippen molar-refractivity contribution in [2.24, 2.45) is 79.3 Å². The number of hydrogen-bond acceptors (Lipinski definition) is 6. The molecule has 0 aromatic rings. The summed E-state index contributed by atoms with van der Waals surface area (Å²) in [7, 11) is 0. The average Bonchev–Trinajstić information content (AvgIpc) is 3.53. The lowest BCUT2D eigenvalue weighted by molar-refractivity contribution is -0.249. The van der Waals surface area contributed by atoms with Crippen LogP contribution in [0, 0.1) is 79.3 Å². The molecule has 1 heterocycles. The Morgan fingerprint density at radius 2 is 1.50 bits per heavy atom. The van der Waals surface area contributed by atoms with Crippen molar-refractivity contribution in [3.63, 3.8) is 0 Å². The highest BCUT2D eigenvalue weighted by Gasteiger charge is 2.72. The van der Waals surface area contributed by atoms with Crippen LogP contribution in [0.2, 0.25) is 0 Å². The number of esters is 1. The number of nitrogens with zero attached hydrogens (tertiary/aromatic N) is 1. The van der Waals surface area contributed by atoms with E-state index in [-0.39, 0.29) is 62.8 Å². The highest BCUT2D eigenvalue weighted by Crippen LogP contribution is 2.78. The van der Waals surface area contributed by atoms with Crippen molar-refractivity contribution in [3.05, 3.63) is 12.2 Å². The molecular formula is C48H75NO7. The lowest BCUT2D eigenvalue weighted by Gasteiger charge is -2.73. The first-order valence-electron chi connectivity index (χ1n) is 22.5. The van der Waals surface area contributed by atoms with Gasteiger partial charge in [0.25, 0.3) is 0 Å². The van der Waals surface area contributed by atoms with Gasteiger partial charge in [-0.3, -0.25) is 19.2 Å². The number of amides is 1. The maximum absolute atomic E-state index is 15.1. The maximum atomic E-state index is 15.1. The molecule has 0 aromatic carbocycles. The van der Waals surface area contributed by atoms with Crippen molar-refractivity contribution in [1.82, 2.24) is 4.90 Å². The quantitative estimate of drug-likeness (QED) is 0.184. The SMILES string of the molecule is C=C(C)[C@@H]1CC[C@]2(C(=O)C[C@H]3C[C@@H](C(=O)N4CCOCC4)C3(C)C)CC[C@]3(C)[C@H](CC[C@@H]4[C@@]5(C)CC[C@H](OC(=O)CC(C)(C)C(=O)O)C(C)(C)[C@@H]5CC[C@]43C)[C@@H]12. The van der Waals surface area contributed by atoms with Gasteiger partial charge in [-0.05, 0) is 149 Å². The predicted molar refractivity (Wildman–Crippen MR) is 217 cm³/mol. The molecule has 56 heavy (non-hydrogen) atoms. The summed E-state index contributed by atoms with van der Waals surface area (Å²) in [6.45, 7) is 29.4. The van der Waals surface area contributed by atoms with Crippen molar-refractivity contribution < 1.29 is 33.8 Å². The van der Waals surface area contributed by atoms with Gasteiger partial charge >= 0.3 is 11.9 Å². The molecule has 1 saturated heterocycles. The van der Waals surface area contributed by atoms with Crippen LogP contribution in [-0.4, -0.2) is 66.0 Å². The zero-order valence-electron chi connectivity index (χ0n) is 36.7. The minimum atomic E-state index is -1.16. The molecule has 314 valence electrons. The van der Waals surface area contributed by atoms with Gasteiger partial charge in [0, 0.05) is 36.3 Å². The molecule has 1 aliphatic heterocycles. The van der Waals surface area contributed by atoms with Crippen LogP contribution in [0.15, 0.2) is 12.2 Å². The second-order valence-electron chi connectivity index (χ2n) is 22.9. The van der Waals surface area contributed by atoms with Gasteiger partial charge in [0.1, 0.15) is 11.9 Å². The Labute approximate surface area is 338 Å². The Morgan fingerprint density at radius 3 is 2.12 bits per heavy atom. The third-order valence-electron chi connectivity index (χ3n) is 19.5. The average molecular weight is 778 g/mol. The van der Waals surface area contributed by atoms with Gasteiger partial charge in [0.05, 0.1) is 25.0 Å². The monoisotopic (exact) mass is 778 g/mol. The fourth-order valence-corrected chi connectivity index (χ4v) is 15.7. The molecule has 1 N–H and O–H groups in total. The number of carbonyl (C=O) groups excluding carboxylic acids is 3. The van der Waals surface area contributed by atoms with E-state index in [0.29, 0.717) is 68.1 Å². The zero-order valence-corrected chi connectivity index (χ0v) is 36.7. The largest absolute Gasteiger partial charge is 0.481 e. The van der Waals surface area contributed by atoms with E-state index < -0.39 is 17.4 Å². The number of carbonyl (C=O) groups is 4. The molecule has 0 unspecified atom stereocenters. The highest BCUT2D eigenvalue weighted by molar-refractivity contribution is 5.87. The summed E-state index contributed by atoms with van der Waals surface area (Å²) in [5, 5.41) is 9.64. The molecule has 0 radical (unpaired) electrons. The summed E-state index contributed by atoms with van der Waals surface area (Å²) in [4.78, 5) is 55.6. The van der Waals surface area contributed by atoms with Gasteiger partial charge in [-0.1, -0.05) is 60.6 Å². The van der Waals surface area contributed by atoms with Crippen LogP contribution in [0.4, 0.5) is 0 Å². The van der Waals surface area contributed by atoms with E-state index in [2.05, 4.69) is 62.0 Å². The predicted octanol–water partition coefficient (Wildman–Crippen LogP) is 9.54. The summed E-state index contributed by atoms with van der Waals surface area (Å²) in [5.74, 6) is 1.67. The van der Waals surface area contributed by atoms with E-state index >= 15 is 4.79 Å². The van der Waals surface area contributed by atoms with Crippen molar-refractivity contribution in [2.75, 3.05) is 26.3 Å². The third-order valence-corrected chi connectivity index (χ3v) is 19.5. The van der Waals surface area contributed by atoms with Crippen LogP contribution >= 0.6 is 0 Å². The van der Waals surface area contributed by atoms with E-state index in [9.17, 15) is 19.5 Å². The number of aliphatic carboxylic acids is 1. The molecule has 0 bridgehead atoms. The van der Waals surface area contributed by atoms with E-state index in [4.69, 9.17) is 9.47 Å². The van der Waals surface area contributed by atoms with Crippen LogP contribution in [0.3, 0.4) is 0 Å². The topological polar surface area (TPSA) is 110 Å². The molecule has 12 atom stereocenters. The van der Waals surface area contributed by atoms with Crippen LogP contribution in [-0.2, 0) is 28.7 Å². The smallest absolute Gasteiger partial charge is 0.309 e. The van der Waals surface area contributed by atoms with Gasteiger partial charge < -0.3 is 19.5 Å².